The van der Waals surface area contributed by atoms with Gasteiger partial charge in [0.2, 0.25) is 10.0 Å². The number of carbonyl (C=O) groups is 1. The second kappa shape index (κ2) is 14.4. The maximum Gasteiger partial charge on any atom is 0.331 e. The van der Waals surface area contributed by atoms with Gasteiger partial charge in [-0.2, -0.15) is 0 Å². The van der Waals surface area contributed by atoms with Gasteiger partial charge in [0.05, 0.1) is 26.1 Å². The van der Waals surface area contributed by atoms with Crippen LogP contribution in [0.4, 0.5) is 5.69 Å². The Balaban J connectivity index is 2.09. The Kier molecular flexibility index (Phi) is 11.6. The summed E-state index contributed by atoms with van der Waals surface area (Å²) in [5.74, 6) is 0.172. The standard InChI is InChI=1S/C26H35NO7S/c1-4-6-15-33-25-19-21(18-22(26(28)29)14-16-32-5-2)9-12-24(25)34-17-13-20-7-10-23(11-8-20)27-35(3,30)31/h7-12,18-19,27H,4-6,13-17H2,1-3H3,(H,28,29). The van der Waals surface area contributed by atoms with E-state index in [1.165, 1.54) is 0 Å². The largest absolute Gasteiger partial charge is 0.490 e. The van der Waals surface area contributed by atoms with Crippen LogP contribution in [0.1, 0.15) is 44.2 Å². The van der Waals surface area contributed by atoms with Gasteiger partial charge < -0.3 is 19.3 Å². The van der Waals surface area contributed by atoms with Gasteiger partial charge in [-0.25, -0.2) is 13.2 Å². The molecule has 2 rings (SSSR count). The minimum Gasteiger partial charge on any atom is -0.490 e. The number of ether oxygens (including phenoxy) is 3. The zero-order valence-corrected chi connectivity index (χ0v) is 21.4. The lowest BCUT2D eigenvalue weighted by Crippen LogP contribution is -2.09. The molecule has 0 bridgehead atoms. The summed E-state index contributed by atoms with van der Waals surface area (Å²) < 4.78 is 42.3. The molecule has 0 atom stereocenters. The second-order valence-corrected chi connectivity index (χ2v) is 9.75. The van der Waals surface area contributed by atoms with E-state index in [-0.39, 0.29) is 5.57 Å². The first-order valence-corrected chi connectivity index (χ1v) is 13.6. The monoisotopic (exact) mass is 505 g/mol. The van der Waals surface area contributed by atoms with Crippen molar-refractivity contribution < 1.29 is 32.5 Å². The molecule has 0 spiro atoms. The van der Waals surface area contributed by atoms with Crippen LogP contribution in [-0.4, -0.2) is 52.2 Å². The molecule has 0 heterocycles. The quantitative estimate of drug-likeness (QED) is 0.250. The molecule has 0 aliphatic rings. The predicted molar refractivity (Wildman–Crippen MR) is 138 cm³/mol. The van der Waals surface area contributed by atoms with E-state index in [4.69, 9.17) is 14.2 Å². The Morgan fingerprint density at radius 1 is 1.00 bits per heavy atom. The van der Waals surface area contributed by atoms with Gasteiger partial charge in [0.1, 0.15) is 0 Å². The summed E-state index contributed by atoms with van der Waals surface area (Å²) in [7, 11) is -3.31. The first-order chi connectivity index (χ1) is 16.7. The fourth-order valence-electron chi connectivity index (χ4n) is 3.17. The molecule has 0 saturated carbocycles. The van der Waals surface area contributed by atoms with Crippen molar-refractivity contribution in [1.82, 2.24) is 0 Å². The molecule has 2 N–H and O–H groups in total. The lowest BCUT2D eigenvalue weighted by Gasteiger charge is -2.14. The summed E-state index contributed by atoms with van der Waals surface area (Å²) >= 11 is 0. The number of anilines is 1. The molecule has 0 saturated heterocycles. The Morgan fingerprint density at radius 3 is 2.34 bits per heavy atom. The molecular formula is C26H35NO7S. The van der Waals surface area contributed by atoms with Crippen molar-refractivity contribution in [2.45, 2.75) is 39.5 Å². The zero-order valence-electron chi connectivity index (χ0n) is 20.6. The van der Waals surface area contributed by atoms with Crippen molar-refractivity contribution in [2.24, 2.45) is 0 Å². The summed E-state index contributed by atoms with van der Waals surface area (Å²) in [5.41, 5.74) is 2.49. The van der Waals surface area contributed by atoms with E-state index < -0.39 is 16.0 Å². The van der Waals surface area contributed by atoms with E-state index in [9.17, 15) is 18.3 Å². The zero-order chi connectivity index (χ0) is 25.7. The molecule has 0 unspecified atom stereocenters. The van der Waals surface area contributed by atoms with Gasteiger partial charge in [0, 0.05) is 30.7 Å². The molecule has 0 amide bonds. The topological polar surface area (TPSA) is 111 Å². The highest BCUT2D eigenvalue weighted by Gasteiger charge is 2.11. The van der Waals surface area contributed by atoms with E-state index in [1.54, 1.807) is 36.4 Å². The Bertz CT molecular complexity index is 1080. The Hall–Kier alpha value is -3.04. The molecule has 0 aliphatic heterocycles. The normalized spacial score (nSPS) is 11.8. The first kappa shape index (κ1) is 28.2. The summed E-state index contributed by atoms with van der Waals surface area (Å²) in [5, 5.41) is 9.51. The molecule has 2 aromatic carbocycles. The van der Waals surface area contributed by atoms with E-state index in [0.717, 1.165) is 24.7 Å². The average molecular weight is 506 g/mol. The van der Waals surface area contributed by atoms with Crippen LogP contribution in [0.5, 0.6) is 11.5 Å². The van der Waals surface area contributed by atoms with Gasteiger partial charge in [-0.15, -0.1) is 0 Å². The third kappa shape index (κ3) is 10.8. The number of carboxylic acid groups (broad SMARTS) is 1. The van der Waals surface area contributed by atoms with Gasteiger partial charge in [-0.3, -0.25) is 4.72 Å². The Morgan fingerprint density at radius 2 is 1.71 bits per heavy atom. The van der Waals surface area contributed by atoms with Crippen molar-refractivity contribution in [3.63, 3.8) is 0 Å². The number of benzene rings is 2. The van der Waals surface area contributed by atoms with Crippen molar-refractivity contribution >= 4 is 27.8 Å². The number of nitrogens with one attached hydrogen (secondary N) is 1. The molecule has 0 fully saturated rings. The predicted octanol–water partition coefficient (Wildman–Crippen LogP) is 4.75. The number of unbranched alkanes of at least 4 members (excludes halogenated alkanes) is 1. The van der Waals surface area contributed by atoms with Gasteiger partial charge in [-0.05, 0) is 54.8 Å². The molecule has 0 aromatic heterocycles. The minimum absolute atomic E-state index is 0.264. The van der Waals surface area contributed by atoms with Crippen LogP contribution >= 0.6 is 0 Å². The van der Waals surface area contributed by atoms with Crippen LogP contribution in [0, 0.1) is 0 Å². The number of carboxylic acids is 1. The number of rotatable bonds is 16. The first-order valence-electron chi connectivity index (χ1n) is 11.7. The van der Waals surface area contributed by atoms with E-state index >= 15 is 0 Å². The molecular weight excluding hydrogens is 470 g/mol. The van der Waals surface area contributed by atoms with E-state index in [0.29, 0.717) is 62.0 Å². The van der Waals surface area contributed by atoms with Crippen LogP contribution in [0.2, 0.25) is 0 Å². The summed E-state index contributed by atoms with van der Waals surface area (Å²) in [6.07, 6.45) is 5.55. The summed E-state index contributed by atoms with van der Waals surface area (Å²) in [6, 6.07) is 12.5. The highest BCUT2D eigenvalue weighted by atomic mass is 32.2. The highest BCUT2D eigenvalue weighted by molar-refractivity contribution is 7.92. The second-order valence-electron chi connectivity index (χ2n) is 8.00. The number of aliphatic carboxylic acids is 1. The molecule has 8 nitrogen and oxygen atoms in total. The lowest BCUT2D eigenvalue weighted by molar-refractivity contribution is -0.132. The van der Waals surface area contributed by atoms with Gasteiger partial charge in [0.15, 0.2) is 11.5 Å². The van der Waals surface area contributed by atoms with Gasteiger partial charge >= 0.3 is 5.97 Å². The van der Waals surface area contributed by atoms with E-state index in [2.05, 4.69) is 11.6 Å². The van der Waals surface area contributed by atoms with Crippen molar-refractivity contribution in [3.05, 3.63) is 59.2 Å². The fraction of sp³-hybridized carbons (Fsp3) is 0.423. The van der Waals surface area contributed by atoms with Crippen molar-refractivity contribution in [1.29, 1.82) is 0 Å². The average Bonchev–Trinajstić information content (AvgIpc) is 2.80. The van der Waals surface area contributed by atoms with Crippen LogP contribution in [-0.2, 0) is 26.0 Å². The van der Waals surface area contributed by atoms with Crippen molar-refractivity contribution in [2.75, 3.05) is 37.4 Å². The molecule has 0 aliphatic carbocycles. The van der Waals surface area contributed by atoms with Gasteiger partial charge in [0.25, 0.3) is 0 Å². The van der Waals surface area contributed by atoms with E-state index in [1.807, 2.05) is 19.1 Å². The number of sulfonamides is 1. The SMILES string of the molecule is CCCCOc1cc(C=C(CCOCC)C(=O)O)ccc1OCCc1ccc(NS(C)(=O)=O)cc1. The number of hydrogen-bond acceptors (Lipinski definition) is 6. The fourth-order valence-corrected chi connectivity index (χ4v) is 3.74. The van der Waals surface area contributed by atoms with Crippen LogP contribution < -0.4 is 14.2 Å². The molecule has 0 radical (unpaired) electrons. The van der Waals surface area contributed by atoms with Crippen LogP contribution in [0.25, 0.3) is 6.08 Å². The highest BCUT2D eigenvalue weighted by Crippen LogP contribution is 2.30. The minimum atomic E-state index is -3.31. The Labute approximate surface area is 208 Å². The maximum atomic E-state index is 11.6. The van der Waals surface area contributed by atoms with Crippen LogP contribution in [0.3, 0.4) is 0 Å². The molecule has 35 heavy (non-hydrogen) atoms. The lowest BCUT2D eigenvalue weighted by atomic mass is 10.1. The molecule has 192 valence electrons. The maximum absolute atomic E-state index is 11.6. The molecule has 9 heteroatoms. The van der Waals surface area contributed by atoms with Gasteiger partial charge in [-0.1, -0.05) is 31.5 Å². The molecule has 2 aromatic rings. The summed E-state index contributed by atoms with van der Waals surface area (Å²) in [6.45, 7) is 5.76. The third-order valence-electron chi connectivity index (χ3n) is 4.96. The third-order valence-corrected chi connectivity index (χ3v) is 5.57. The summed E-state index contributed by atoms with van der Waals surface area (Å²) in [4.78, 5) is 11.6. The number of hydrogen-bond donors (Lipinski definition) is 2. The van der Waals surface area contributed by atoms with Crippen molar-refractivity contribution in [3.8, 4) is 11.5 Å². The van der Waals surface area contributed by atoms with Crippen LogP contribution in [0.15, 0.2) is 48.0 Å². The smallest absolute Gasteiger partial charge is 0.331 e.